The van der Waals surface area contributed by atoms with Crippen molar-refractivity contribution < 1.29 is 19.7 Å². The normalized spacial score (nSPS) is 25.0. The van der Waals surface area contributed by atoms with Crippen molar-refractivity contribution in [1.29, 1.82) is 0 Å². The molecule has 1 saturated heterocycles. The Bertz CT molecular complexity index is 796. The number of hydrogen-bond acceptors (Lipinski definition) is 9. The molecule has 0 amide bonds. The first-order valence-electron chi connectivity index (χ1n) is 6.99. The lowest BCUT2D eigenvalue weighted by molar-refractivity contribution is -0.137. The number of aliphatic hydroxyl groups is 1. The number of rotatable bonds is 5. The molecule has 1 aliphatic heterocycles. The van der Waals surface area contributed by atoms with Crippen LogP contribution in [-0.2, 0) is 9.53 Å². The number of nitrogens with two attached hydrogens (primary N) is 2. The van der Waals surface area contributed by atoms with Gasteiger partial charge in [0.25, 0.3) is 0 Å². The Labute approximate surface area is 140 Å². The lowest BCUT2D eigenvalue weighted by Gasteiger charge is -2.17. The van der Waals surface area contributed by atoms with Crippen LogP contribution in [-0.4, -0.2) is 53.3 Å². The summed E-state index contributed by atoms with van der Waals surface area (Å²) in [6.07, 6.45) is 1.49. The number of thioether (sulfide) groups is 1. The number of nitrogen functional groups attached to an aromatic ring is 1. The predicted octanol–water partition coefficient (Wildman–Crippen LogP) is -0.327. The molecule has 10 nitrogen and oxygen atoms in total. The Morgan fingerprint density at radius 1 is 1.50 bits per heavy atom. The van der Waals surface area contributed by atoms with E-state index in [1.165, 1.54) is 12.7 Å². The zero-order valence-corrected chi connectivity index (χ0v) is 13.3. The molecule has 0 aliphatic carbocycles. The highest BCUT2D eigenvalue weighted by Gasteiger charge is 2.37. The van der Waals surface area contributed by atoms with Crippen molar-refractivity contribution in [3.8, 4) is 0 Å². The van der Waals surface area contributed by atoms with Crippen LogP contribution in [0.15, 0.2) is 24.1 Å². The van der Waals surface area contributed by atoms with Gasteiger partial charge < -0.3 is 26.4 Å². The SMILES string of the molecule is C=C(SC1CC(O)C(n2cnc3c(N)ncnc32)O1)C(N)C(=O)O. The summed E-state index contributed by atoms with van der Waals surface area (Å²) < 4.78 is 7.36. The maximum atomic E-state index is 10.9. The van der Waals surface area contributed by atoms with Crippen molar-refractivity contribution in [2.75, 3.05) is 5.73 Å². The van der Waals surface area contributed by atoms with Crippen molar-refractivity contribution in [2.45, 2.75) is 30.2 Å². The largest absolute Gasteiger partial charge is 0.480 e. The van der Waals surface area contributed by atoms with Gasteiger partial charge in [0.2, 0.25) is 0 Å². The molecule has 128 valence electrons. The van der Waals surface area contributed by atoms with Crippen LogP contribution in [0.4, 0.5) is 5.82 Å². The monoisotopic (exact) mass is 352 g/mol. The number of aromatic nitrogens is 4. The number of hydrogen-bond donors (Lipinski definition) is 4. The van der Waals surface area contributed by atoms with Crippen molar-refractivity contribution in [3.05, 3.63) is 24.1 Å². The van der Waals surface area contributed by atoms with E-state index in [9.17, 15) is 9.90 Å². The van der Waals surface area contributed by atoms with E-state index in [1.54, 1.807) is 4.57 Å². The maximum absolute atomic E-state index is 10.9. The van der Waals surface area contributed by atoms with Crippen LogP contribution in [0.5, 0.6) is 0 Å². The Morgan fingerprint density at radius 3 is 2.96 bits per heavy atom. The smallest absolute Gasteiger partial charge is 0.325 e. The number of ether oxygens (including phenoxy) is 1. The Hall–Kier alpha value is -2.21. The van der Waals surface area contributed by atoms with Gasteiger partial charge in [-0.15, -0.1) is 0 Å². The van der Waals surface area contributed by atoms with Crippen molar-refractivity contribution in [3.63, 3.8) is 0 Å². The molecule has 3 heterocycles. The summed E-state index contributed by atoms with van der Waals surface area (Å²) in [5.74, 6) is -0.937. The van der Waals surface area contributed by atoms with Gasteiger partial charge in [-0.3, -0.25) is 9.36 Å². The molecule has 24 heavy (non-hydrogen) atoms. The van der Waals surface area contributed by atoms with E-state index in [1.807, 2.05) is 0 Å². The molecule has 3 rings (SSSR count). The lowest BCUT2D eigenvalue weighted by Crippen LogP contribution is -2.31. The van der Waals surface area contributed by atoms with Crippen molar-refractivity contribution >= 4 is 34.7 Å². The van der Waals surface area contributed by atoms with Crippen molar-refractivity contribution in [2.24, 2.45) is 5.73 Å². The minimum atomic E-state index is -1.20. The van der Waals surface area contributed by atoms with Crippen LogP contribution >= 0.6 is 11.8 Å². The number of carboxylic acid groups (broad SMARTS) is 1. The molecule has 11 heteroatoms. The Morgan fingerprint density at radius 2 is 2.25 bits per heavy atom. The van der Waals surface area contributed by atoms with Crippen LogP contribution in [0.1, 0.15) is 12.6 Å². The first kappa shape index (κ1) is 16.6. The summed E-state index contributed by atoms with van der Waals surface area (Å²) in [7, 11) is 0. The van der Waals surface area contributed by atoms with E-state index in [-0.39, 0.29) is 17.1 Å². The highest BCUT2D eigenvalue weighted by Crippen LogP contribution is 2.38. The standard InChI is InChI=1S/C13H16N6O4S/c1-5(8(14)13(21)22)24-7-2-6(20)12(23-7)19-4-18-9-10(15)16-3-17-11(9)19/h3-4,6-8,12,20H,1-2,14H2,(H,21,22)(H2,15,16,17). The van der Waals surface area contributed by atoms with Gasteiger partial charge in [0, 0.05) is 11.3 Å². The van der Waals surface area contributed by atoms with Gasteiger partial charge in [0.15, 0.2) is 17.7 Å². The molecular weight excluding hydrogens is 336 g/mol. The fraction of sp³-hybridized carbons (Fsp3) is 0.385. The van der Waals surface area contributed by atoms with Crippen LogP contribution in [0, 0.1) is 0 Å². The molecular formula is C13H16N6O4S. The number of carbonyl (C=O) groups is 1. The molecule has 2 aromatic rings. The molecule has 4 unspecified atom stereocenters. The average Bonchev–Trinajstić information content (AvgIpc) is 3.10. The van der Waals surface area contributed by atoms with Crippen LogP contribution < -0.4 is 11.5 Å². The third-order valence-corrected chi connectivity index (χ3v) is 4.73. The predicted molar refractivity (Wildman–Crippen MR) is 86.6 cm³/mol. The molecule has 1 fully saturated rings. The molecule has 6 N–H and O–H groups in total. The molecule has 2 aromatic heterocycles. The van der Waals surface area contributed by atoms with Crippen molar-refractivity contribution in [1.82, 2.24) is 19.5 Å². The highest BCUT2D eigenvalue weighted by molar-refractivity contribution is 8.03. The van der Waals surface area contributed by atoms with Gasteiger partial charge >= 0.3 is 5.97 Å². The summed E-state index contributed by atoms with van der Waals surface area (Å²) >= 11 is 1.08. The van der Waals surface area contributed by atoms with Crippen LogP contribution in [0.25, 0.3) is 11.2 Å². The van der Waals surface area contributed by atoms with E-state index >= 15 is 0 Å². The van der Waals surface area contributed by atoms with Crippen LogP contribution in [0.3, 0.4) is 0 Å². The maximum Gasteiger partial charge on any atom is 0.325 e. The third kappa shape index (κ3) is 2.94. The van der Waals surface area contributed by atoms with Gasteiger partial charge in [-0.1, -0.05) is 18.3 Å². The second-order valence-corrected chi connectivity index (χ2v) is 6.53. The second-order valence-electron chi connectivity index (χ2n) is 5.24. The minimum absolute atomic E-state index is 0.234. The number of aliphatic carboxylic acids is 1. The average molecular weight is 352 g/mol. The second kappa shape index (κ2) is 6.36. The van der Waals surface area contributed by atoms with E-state index in [0.29, 0.717) is 11.2 Å². The fourth-order valence-electron chi connectivity index (χ4n) is 2.38. The molecule has 0 spiro atoms. The van der Waals surface area contributed by atoms with Gasteiger partial charge in [-0.25, -0.2) is 15.0 Å². The van der Waals surface area contributed by atoms with Gasteiger partial charge in [-0.2, -0.15) is 0 Å². The Kier molecular flexibility index (Phi) is 4.41. The molecule has 0 saturated carbocycles. The van der Waals surface area contributed by atoms with E-state index in [4.69, 9.17) is 21.3 Å². The van der Waals surface area contributed by atoms with Gasteiger partial charge in [0.05, 0.1) is 6.33 Å². The number of fused-ring (bicyclic) bond motifs is 1. The Balaban J connectivity index is 1.77. The van der Waals surface area contributed by atoms with E-state index in [2.05, 4.69) is 21.5 Å². The highest BCUT2D eigenvalue weighted by atomic mass is 32.2. The molecule has 4 atom stereocenters. The summed E-state index contributed by atoms with van der Waals surface area (Å²) in [5, 5.41) is 19.2. The molecule has 0 radical (unpaired) electrons. The number of carboxylic acids is 1. The molecule has 0 aromatic carbocycles. The number of anilines is 1. The zero-order valence-electron chi connectivity index (χ0n) is 12.4. The van der Waals surface area contributed by atoms with Gasteiger partial charge in [0.1, 0.15) is 29.4 Å². The topological polar surface area (TPSA) is 162 Å². The van der Waals surface area contributed by atoms with Crippen LogP contribution in [0.2, 0.25) is 0 Å². The summed E-state index contributed by atoms with van der Waals surface area (Å²) in [6, 6.07) is -1.20. The fourth-order valence-corrected chi connectivity index (χ4v) is 3.43. The first-order chi connectivity index (χ1) is 11.4. The summed E-state index contributed by atoms with van der Waals surface area (Å²) in [5.41, 5.74) is 11.6. The lowest BCUT2D eigenvalue weighted by atomic mass is 10.3. The zero-order chi connectivity index (χ0) is 17.4. The quantitative estimate of drug-likeness (QED) is 0.560. The molecule has 0 bridgehead atoms. The summed E-state index contributed by atoms with van der Waals surface area (Å²) in [6.45, 7) is 3.65. The number of aliphatic hydroxyl groups excluding tert-OH is 1. The number of imidazole rings is 1. The first-order valence-corrected chi connectivity index (χ1v) is 7.86. The third-order valence-electron chi connectivity index (χ3n) is 3.61. The molecule has 1 aliphatic rings. The number of nitrogens with zero attached hydrogens (tertiary/aromatic N) is 4. The summed E-state index contributed by atoms with van der Waals surface area (Å²) in [4.78, 5) is 23.2. The van der Waals surface area contributed by atoms with E-state index < -0.39 is 29.8 Å². The van der Waals surface area contributed by atoms with Gasteiger partial charge in [-0.05, 0) is 0 Å². The van der Waals surface area contributed by atoms with E-state index in [0.717, 1.165) is 11.8 Å². The minimum Gasteiger partial charge on any atom is -0.480 e.